The van der Waals surface area contributed by atoms with E-state index in [1.54, 1.807) is 48.7 Å². The molecular weight excluding hydrogens is 400 g/mol. The van der Waals surface area contributed by atoms with Crippen molar-refractivity contribution in [2.45, 2.75) is 10.9 Å². The summed E-state index contributed by atoms with van der Waals surface area (Å²) in [7, 11) is 3.26. The number of hydrogen-bond acceptors (Lipinski definition) is 8. The Hall–Kier alpha value is -2.36. The van der Waals surface area contributed by atoms with Gasteiger partial charge in [-0.05, 0) is 29.6 Å². The van der Waals surface area contributed by atoms with E-state index in [2.05, 4.69) is 20.6 Å². The lowest BCUT2D eigenvalue weighted by atomic mass is 10.2. The molecule has 0 saturated carbocycles. The van der Waals surface area contributed by atoms with Crippen LogP contribution in [0.25, 0.3) is 21.3 Å². The van der Waals surface area contributed by atoms with Gasteiger partial charge in [-0.3, -0.25) is 5.10 Å². The first-order valence-corrected chi connectivity index (χ1v) is 10.8. The van der Waals surface area contributed by atoms with Crippen molar-refractivity contribution in [3.8, 4) is 32.8 Å². The summed E-state index contributed by atoms with van der Waals surface area (Å²) in [6.45, 7) is 0. The van der Waals surface area contributed by atoms with Gasteiger partial charge in [0, 0.05) is 16.7 Å². The maximum atomic E-state index is 5.37. The Labute approximate surface area is 168 Å². The van der Waals surface area contributed by atoms with E-state index in [4.69, 9.17) is 14.5 Å². The van der Waals surface area contributed by atoms with E-state index in [0.29, 0.717) is 17.3 Å². The number of ether oxygens (including phenoxy) is 2. The van der Waals surface area contributed by atoms with Gasteiger partial charge < -0.3 is 9.47 Å². The number of aromatic amines is 1. The predicted molar refractivity (Wildman–Crippen MR) is 110 cm³/mol. The van der Waals surface area contributed by atoms with E-state index in [1.807, 2.05) is 35.7 Å². The standard InChI is InChI=1S/C18H16N4O2S3/c1-23-13-6-5-11(8-14(13)24-2)17-19-12(9-26-17)10-27-18-20-16(21-22-18)15-4-3-7-25-15/h3-9H,10H2,1-2H3,(H,20,21,22). The van der Waals surface area contributed by atoms with Crippen molar-refractivity contribution >= 4 is 34.4 Å². The number of thiophene rings is 1. The molecule has 0 atom stereocenters. The quantitative estimate of drug-likeness (QED) is 0.429. The summed E-state index contributed by atoms with van der Waals surface area (Å²) in [4.78, 5) is 10.3. The van der Waals surface area contributed by atoms with Gasteiger partial charge in [-0.15, -0.1) is 27.8 Å². The minimum absolute atomic E-state index is 0.697. The summed E-state index contributed by atoms with van der Waals surface area (Å²) in [6, 6.07) is 9.84. The number of thioether (sulfide) groups is 1. The lowest BCUT2D eigenvalue weighted by Gasteiger charge is -2.08. The average molecular weight is 417 g/mol. The minimum Gasteiger partial charge on any atom is -0.493 e. The molecule has 6 nitrogen and oxygen atoms in total. The van der Waals surface area contributed by atoms with Gasteiger partial charge >= 0.3 is 0 Å². The van der Waals surface area contributed by atoms with Crippen LogP contribution in [0.15, 0.2) is 46.2 Å². The molecular formula is C18H16N4O2S3. The lowest BCUT2D eigenvalue weighted by molar-refractivity contribution is 0.355. The molecule has 4 rings (SSSR count). The van der Waals surface area contributed by atoms with Crippen LogP contribution in [0.2, 0.25) is 0 Å². The number of rotatable bonds is 7. The maximum Gasteiger partial charge on any atom is 0.209 e. The Kier molecular flexibility index (Phi) is 5.42. The van der Waals surface area contributed by atoms with Crippen LogP contribution in [0.1, 0.15) is 5.69 Å². The second-order valence-corrected chi connectivity index (χ2v) is 8.19. The van der Waals surface area contributed by atoms with Crippen LogP contribution in [0.4, 0.5) is 0 Å². The van der Waals surface area contributed by atoms with Gasteiger partial charge in [-0.1, -0.05) is 17.8 Å². The topological polar surface area (TPSA) is 72.9 Å². The van der Waals surface area contributed by atoms with Crippen molar-refractivity contribution in [1.82, 2.24) is 20.2 Å². The van der Waals surface area contributed by atoms with E-state index in [-0.39, 0.29) is 0 Å². The SMILES string of the molecule is COc1ccc(-c2nc(CSc3n[nH]c(-c4cccs4)n3)cs2)cc1OC. The summed E-state index contributed by atoms with van der Waals surface area (Å²) in [6.07, 6.45) is 0. The van der Waals surface area contributed by atoms with E-state index in [0.717, 1.165) is 32.1 Å². The lowest BCUT2D eigenvalue weighted by Crippen LogP contribution is -1.90. The summed E-state index contributed by atoms with van der Waals surface area (Å²) in [5.74, 6) is 2.92. The predicted octanol–water partition coefficient (Wildman–Crippen LogP) is 4.97. The molecule has 27 heavy (non-hydrogen) atoms. The number of nitrogens with zero attached hydrogens (tertiary/aromatic N) is 3. The Morgan fingerprint density at radius 1 is 1.07 bits per heavy atom. The molecule has 0 unspecified atom stereocenters. The Balaban J connectivity index is 1.44. The van der Waals surface area contributed by atoms with Crippen LogP contribution in [0.5, 0.6) is 11.5 Å². The van der Waals surface area contributed by atoms with Crippen molar-refractivity contribution < 1.29 is 9.47 Å². The van der Waals surface area contributed by atoms with E-state index in [1.165, 1.54) is 0 Å². The number of thiazole rings is 1. The molecule has 0 amide bonds. The molecule has 0 bridgehead atoms. The molecule has 0 aliphatic heterocycles. The fraction of sp³-hybridized carbons (Fsp3) is 0.167. The largest absolute Gasteiger partial charge is 0.493 e. The van der Waals surface area contributed by atoms with Crippen molar-refractivity contribution in [2.24, 2.45) is 0 Å². The highest BCUT2D eigenvalue weighted by atomic mass is 32.2. The number of benzene rings is 1. The van der Waals surface area contributed by atoms with E-state index < -0.39 is 0 Å². The van der Waals surface area contributed by atoms with E-state index in [9.17, 15) is 0 Å². The monoisotopic (exact) mass is 416 g/mol. The van der Waals surface area contributed by atoms with Gasteiger partial charge in [0.15, 0.2) is 17.3 Å². The maximum absolute atomic E-state index is 5.37. The summed E-state index contributed by atoms with van der Waals surface area (Å²) < 4.78 is 10.7. The molecule has 0 spiro atoms. The fourth-order valence-corrected chi connectivity index (χ4v) is 4.72. The first-order valence-electron chi connectivity index (χ1n) is 8.02. The van der Waals surface area contributed by atoms with Gasteiger partial charge in [0.1, 0.15) is 5.01 Å². The molecule has 0 aliphatic carbocycles. The molecule has 1 N–H and O–H groups in total. The van der Waals surface area contributed by atoms with Gasteiger partial charge in [0.25, 0.3) is 0 Å². The fourth-order valence-electron chi connectivity index (χ4n) is 2.45. The van der Waals surface area contributed by atoms with Gasteiger partial charge in [0.2, 0.25) is 5.16 Å². The molecule has 1 aromatic carbocycles. The molecule has 4 aromatic rings. The van der Waals surface area contributed by atoms with Crippen LogP contribution in [0, 0.1) is 0 Å². The molecule has 0 aliphatic rings. The second-order valence-electron chi connectivity index (χ2n) is 5.45. The van der Waals surface area contributed by atoms with Gasteiger partial charge in [-0.2, -0.15) is 0 Å². The van der Waals surface area contributed by atoms with Crippen LogP contribution in [-0.4, -0.2) is 34.4 Å². The Morgan fingerprint density at radius 2 is 1.96 bits per heavy atom. The van der Waals surface area contributed by atoms with Crippen molar-refractivity contribution in [3.05, 3.63) is 46.8 Å². The summed E-state index contributed by atoms with van der Waals surface area (Å²) in [5.41, 5.74) is 2.00. The summed E-state index contributed by atoms with van der Waals surface area (Å²) >= 11 is 4.81. The van der Waals surface area contributed by atoms with E-state index >= 15 is 0 Å². The number of methoxy groups -OCH3 is 2. The zero-order chi connectivity index (χ0) is 18.6. The normalized spacial score (nSPS) is 10.9. The second kappa shape index (κ2) is 8.12. The third-order valence-corrected chi connectivity index (χ3v) is 6.45. The van der Waals surface area contributed by atoms with Crippen LogP contribution < -0.4 is 9.47 Å². The third-order valence-electron chi connectivity index (χ3n) is 3.75. The van der Waals surface area contributed by atoms with Crippen molar-refractivity contribution in [3.63, 3.8) is 0 Å². The zero-order valence-corrected chi connectivity index (χ0v) is 17.1. The molecule has 0 saturated heterocycles. The highest BCUT2D eigenvalue weighted by Gasteiger charge is 2.11. The minimum atomic E-state index is 0.697. The third kappa shape index (κ3) is 4.00. The van der Waals surface area contributed by atoms with Gasteiger partial charge in [-0.25, -0.2) is 9.97 Å². The number of H-pyrrole nitrogens is 1. The number of hydrogen-bond donors (Lipinski definition) is 1. The highest BCUT2D eigenvalue weighted by molar-refractivity contribution is 7.98. The zero-order valence-electron chi connectivity index (χ0n) is 14.6. The highest BCUT2D eigenvalue weighted by Crippen LogP contribution is 2.34. The summed E-state index contributed by atoms with van der Waals surface area (Å²) in [5, 5.41) is 13.0. The Morgan fingerprint density at radius 3 is 2.74 bits per heavy atom. The van der Waals surface area contributed by atoms with Crippen LogP contribution in [-0.2, 0) is 5.75 Å². The molecule has 9 heteroatoms. The first kappa shape index (κ1) is 18.0. The van der Waals surface area contributed by atoms with Crippen LogP contribution in [0.3, 0.4) is 0 Å². The molecule has 0 fully saturated rings. The Bertz CT molecular complexity index is 1030. The van der Waals surface area contributed by atoms with Gasteiger partial charge in [0.05, 0.1) is 24.8 Å². The van der Waals surface area contributed by atoms with Crippen molar-refractivity contribution in [1.29, 1.82) is 0 Å². The average Bonchev–Trinajstić information content (AvgIpc) is 3.46. The smallest absolute Gasteiger partial charge is 0.209 e. The molecule has 3 heterocycles. The molecule has 0 radical (unpaired) electrons. The van der Waals surface area contributed by atoms with Crippen LogP contribution >= 0.6 is 34.4 Å². The first-order chi connectivity index (χ1) is 13.3. The number of aromatic nitrogens is 4. The molecule has 3 aromatic heterocycles. The molecule has 138 valence electrons. The van der Waals surface area contributed by atoms with Crippen molar-refractivity contribution in [2.75, 3.05) is 14.2 Å². The number of nitrogens with one attached hydrogen (secondary N) is 1.